The van der Waals surface area contributed by atoms with Gasteiger partial charge in [0, 0.05) is 13.0 Å². The molecule has 1 heterocycles. The van der Waals surface area contributed by atoms with Crippen LogP contribution in [0.15, 0.2) is 4.99 Å². The van der Waals surface area contributed by atoms with Crippen molar-refractivity contribution in [1.82, 2.24) is 5.32 Å². The Morgan fingerprint density at radius 2 is 2.56 bits per heavy atom. The number of rotatable bonds is 3. The van der Waals surface area contributed by atoms with E-state index in [9.17, 15) is 0 Å². The fourth-order valence-electron chi connectivity index (χ4n) is 0.861. The van der Waals surface area contributed by atoms with Crippen molar-refractivity contribution in [1.29, 1.82) is 0 Å². The molecule has 0 radical (unpaired) electrons. The number of aliphatic imine (C=N–C) groups is 1. The number of hydrogen-bond acceptors (Lipinski definition) is 3. The summed E-state index contributed by atoms with van der Waals surface area (Å²) in [6.45, 7) is 1.99. The number of hydrogen-bond donors (Lipinski definition) is 2. The molecule has 0 unspecified atom stereocenters. The van der Waals surface area contributed by atoms with Crippen LogP contribution in [0.1, 0.15) is 12.8 Å². The molecule has 0 aromatic carbocycles. The molecular formula is C6H12N2S. The molecule has 1 aliphatic heterocycles. The average Bonchev–Trinajstić information content (AvgIpc) is 2.34. The van der Waals surface area contributed by atoms with Crippen LogP contribution in [0, 0.1) is 0 Å². The van der Waals surface area contributed by atoms with Gasteiger partial charge >= 0.3 is 0 Å². The molecule has 3 heteroatoms. The predicted molar refractivity (Wildman–Crippen MR) is 43.4 cm³/mol. The van der Waals surface area contributed by atoms with E-state index in [1.165, 1.54) is 5.84 Å². The van der Waals surface area contributed by atoms with Gasteiger partial charge in [0.15, 0.2) is 0 Å². The van der Waals surface area contributed by atoms with E-state index in [2.05, 4.69) is 22.9 Å². The zero-order chi connectivity index (χ0) is 6.53. The summed E-state index contributed by atoms with van der Waals surface area (Å²) in [5, 5.41) is 3.21. The maximum Gasteiger partial charge on any atom is 0.0964 e. The van der Waals surface area contributed by atoms with Crippen molar-refractivity contribution in [3.05, 3.63) is 0 Å². The van der Waals surface area contributed by atoms with Crippen molar-refractivity contribution in [3.63, 3.8) is 0 Å². The Hall–Kier alpha value is -0.180. The molecule has 2 nitrogen and oxygen atoms in total. The molecule has 0 spiro atoms. The van der Waals surface area contributed by atoms with E-state index in [4.69, 9.17) is 0 Å². The fraction of sp³-hybridized carbons (Fsp3) is 0.833. The zero-order valence-electron chi connectivity index (χ0n) is 5.43. The molecule has 0 aromatic heterocycles. The molecule has 52 valence electrons. The lowest BCUT2D eigenvalue weighted by Crippen LogP contribution is -2.18. The van der Waals surface area contributed by atoms with Crippen molar-refractivity contribution in [2.45, 2.75) is 12.8 Å². The van der Waals surface area contributed by atoms with Crippen molar-refractivity contribution in [2.24, 2.45) is 4.99 Å². The maximum atomic E-state index is 4.24. The second kappa shape index (κ2) is 3.77. The minimum absolute atomic E-state index is 0.959. The van der Waals surface area contributed by atoms with Crippen molar-refractivity contribution in [3.8, 4) is 0 Å². The van der Waals surface area contributed by atoms with Gasteiger partial charge in [-0.15, -0.1) is 0 Å². The van der Waals surface area contributed by atoms with E-state index < -0.39 is 0 Å². The molecular weight excluding hydrogens is 132 g/mol. The molecule has 1 rings (SSSR count). The lowest BCUT2D eigenvalue weighted by atomic mass is 10.3. The summed E-state index contributed by atoms with van der Waals surface area (Å²) < 4.78 is 0. The third-order valence-electron chi connectivity index (χ3n) is 1.32. The third-order valence-corrected chi connectivity index (χ3v) is 1.63. The van der Waals surface area contributed by atoms with Gasteiger partial charge in [-0.1, -0.05) is 0 Å². The highest BCUT2D eigenvalue weighted by Gasteiger charge is 2.01. The Morgan fingerprint density at radius 3 is 3.11 bits per heavy atom. The molecule has 0 amide bonds. The Morgan fingerprint density at radius 1 is 1.67 bits per heavy atom. The summed E-state index contributed by atoms with van der Waals surface area (Å²) in [6, 6.07) is 0. The molecule has 9 heavy (non-hydrogen) atoms. The van der Waals surface area contributed by atoms with Gasteiger partial charge in [-0.3, -0.25) is 4.99 Å². The largest absolute Gasteiger partial charge is 0.372 e. The topological polar surface area (TPSA) is 24.4 Å². The Balaban J connectivity index is 2.11. The Bertz CT molecular complexity index is 112. The molecule has 0 bridgehead atoms. The first kappa shape index (κ1) is 6.93. The van der Waals surface area contributed by atoms with Gasteiger partial charge in [0.1, 0.15) is 0 Å². The Labute approximate surface area is 61.2 Å². The fourth-order valence-corrected chi connectivity index (χ4v) is 1.02. The first-order valence-corrected chi connectivity index (χ1v) is 3.95. The third kappa shape index (κ3) is 2.26. The first-order valence-electron chi connectivity index (χ1n) is 3.31. The summed E-state index contributed by atoms with van der Waals surface area (Å²) >= 11 is 4.11. The number of nitrogens with zero attached hydrogens (tertiary/aromatic N) is 1. The zero-order valence-corrected chi connectivity index (χ0v) is 6.32. The van der Waals surface area contributed by atoms with Crippen LogP contribution in [-0.2, 0) is 0 Å². The lowest BCUT2D eigenvalue weighted by molar-refractivity contribution is 0.927. The molecule has 0 fully saturated rings. The number of nitrogens with one attached hydrogen (secondary N) is 1. The van der Waals surface area contributed by atoms with Crippen LogP contribution < -0.4 is 5.32 Å². The highest BCUT2D eigenvalue weighted by molar-refractivity contribution is 7.80. The monoisotopic (exact) mass is 144 g/mol. The molecule has 0 aliphatic carbocycles. The van der Waals surface area contributed by atoms with Crippen molar-refractivity contribution >= 4 is 18.5 Å². The second-order valence-corrected chi connectivity index (χ2v) is 2.53. The molecule has 0 aromatic rings. The molecule has 0 atom stereocenters. The van der Waals surface area contributed by atoms with Crippen LogP contribution in [-0.4, -0.2) is 24.7 Å². The van der Waals surface area contributed by atoms with Gasteiger partial charge in [-0.25, -0.2) is 0 Å². The van der Waals surface area contributed by atoms with E-state index in [0.29, 0.717) is 0 Å². The van der Waals surface area contributed by atoms with E-state index in [1.54, 1.807) is 0 Å². The average molecular weight is 144 g/mol. The summed E-state index contributed by atoms with van der Waals surface area (Å²) in [4.78, 5) is 4.24. The van der Waals surface area contributed by atoms with Crippen molar-refractivity contribution in [2.75, 3.05) is 18.8 Å². The van der Waals surface area contributed by atoms with Crippen LogP contribution in [0.5, 0.6) is 0 Å². The summed E-state index contributed by atoms with van der Waals surface area (Å²) in [6.07, 6.45) is 2.21. The van der Waals surface area contributed by atoms with Gasteiger partial charge < -0.3 is 5.32 Å². The molecule has 1 aliphatic rings. The minimum Gasteiger partial charge on any atom is -0.372 e. The number of amidine groups is 1. The van der Waals surface area contributed by atoms with Gasteiger partial charge in [0.05, 0.1) is 12.4 Å². The van der Waals surface area contributed by atoms with Gasteiger partial charge in [-0.05, 0) is 12.2 Å². The van der Waals surface area contributed by atoms with Crippen LogP contribution >= 0.6 is 12.6 Å². The van der Waals surface area contributed by atoms with Gasteiger partial charge in [-0.2, -0.15) is 12.6 Å². The minimum atomic E-state index is 0.959. The van der Waals surface area contributed by atoms with E-state index in [0.717, 1.165) is 31.7 Å². The smallest absolute Gasteiger partial charge is 0.0964 e. The molecule has 0 saturated heterocycles. The highest BCUT2D eigenvalue weighted by Crippen LogP contribution is 1.96. The summed E-state index contributed by atoms with van der Waals surface area (Å²) in [7, 11) is 0. The summed E-state index contributed by atoms with van der Waals surface area (Å²) in [5.41, 5.74) is 0. The van der Waals surface area contributed by atoms with E-state index in [1.807, 2.05) is 0 Å². The lowest BCUT2D eigenvalue weighted by Gasteiger charge is -1.97. The maximum absolute atomic E-state index is 4.24. The van der Waals surface area contributed by atoms with Crippen molar-refractivity contribution < 1.29 is 0 Å². The normalized spacial score (nSPS) is 17.2. The van der Waals surface area contributed by atoms with E-state index in [-0.39, 0.29) is 0 Å². The molecule has 0 saturated carbocycles. The van der Waals surface area contributed by atoms with Gasteiger partial charge in [0.2, 0.25) is 0 Å². The van der Waals surface area contributed by atoms with Gasteiger partial charge in [0.25, 0.3) is 0 Å². The number of thiol groups is 1. The standard InChI is InChI=1S/C6H12N2S/c9-5-1-2-6-7-3-4-8-6/h9H,1-5H2,(H,7,8). The van der Waals surface area contributed by atoms with Crippen LogP contribution in [0.4, 0.5) is 0 Å². The first-order chi connectivity index (χ1) is 4.43. The Kier molecular flexibility index (Phi) is 2.91. The van der Waals surface area contributed by atoms with Crippen LogP contribution in [0.25, 0.3) is 0 Å². The quantitative estimate of drug-likeness (QED) is 0.560. The van der Waals surface area contributed by atoms with Crippen LogP contribution in [0.2, 0.25) is 0 Å². The summed E-state index contributed by atoms with van der Waals surface area (Å²) in [5.74, 6) is 2.13. The van der Waals surface area contributed by atoms with Crippen LogP contribution in [0.3, 0.4) is 0 Å². The molecule has 1 N–H and O–H groups in total. The van der Waals surface area contributed by atoms with E-state index >= 15 is 0 Å². The predicted octanol–water partition coefficient (Wildman–Crippen LogP) is 0.698. The second-order valence-electron chi connectivity index (χ2n) is 2.08. The highest BCUT2D eigenvalue weighted by atomic mass is 32.1. The SMILES string of the molecule is SCCCC1=NCCN1.